The molecule has 0 bridgehead atoms. The molecule has 9 heteroatoms. The van der Waals surface area contributed by atoms with Gasteiger partial charge in [0.05, 0.1) is 10.5 Å². The number of nitrogens with zero attached hydrogens (tertiary/aromatic N) is 2. The van der Waals surface area contributed by atoms with Crippen LogP contribution in [0.4, 0.5) is 20.2 Å². The first kappa shape index (κ1) is 18.2. The Kier molecular flexibility index (Phi) is 4.68. The van der Waals surface area contributed by atoms with E-state index in [0.717, 1.165) is 17.0 Å². The van der Waals surface area contributed by atoms with Gasteiger partial charge in [0.25, 0.3) is 17.5 Å². The lowest BCUT2D eigenvalue weighted by Crippen LogP contribution is -2.32. The fraction of sp³-hybridized carbons (Fsp3) is 0.111. The van der Waals surface area contributed by atoms with E-state index >= 15 is 0 Å². The van der Waals surface area contributed by atoms with Crippen LogP contribution >= 0.6 is 0 Å². The van der Waals surface area contributed by atoms with Crippen LogP contribution in [0.1, 0.15) is 12.5 Å². The Hall–Kier alpha value is -3.62. The van der Waals surface area contributed by atoms with E-state index in [4.69, 9.17) is 0 Å². The number of amides is 2. The minimum atomic E-state index is -1.11. The third-order valence-corrected chi connectivity index (χ3v) is 4.04. The summed E-state index contributed by atoms with van der Waals surface area (Å²) < 4.78 is 26.6. The summed E-state index contributed by atoms with van der Waals surface area (Å²) in [5.41, 5.74) is 0.101. The van der Waals surface area contributed by atoms with E-state index in [1.165, 1.54) is 30.3 Å². The van der Waals surface area contributed by atoms with Crippen LogP contribution in [0.25, 0.3) is 5.57 Å². The molecule has 0 spiro atoms. The van der Waals surface area contributed by atoms with Gasteiger partial charge in [0.15, 0.2) is 11.6 Å². The van der Waals surface area contributed by atoms with Crippen molar-refractivity contribution in [3.8, 4) is 0 Å². The van der Waals surface area contributed by atoms with E-state index in [0.29, 0.717) is 5.56 Å². The molecule has 0 fully saturated rings. The number of benzene rings is 2. The SMILES string of the molecule is CCN1C(=O)C(Nc2ccc(F)c(F)c2)=C(c2ccc([N+](=O)[O-])cc2)C1=O. The molecule has 0 saturated heterocycles. The molecule has 0 radical (unpaired) electrons. The van der Waals surface area contributed by atoms with Crippen molar-refractivity contribution in [2.24, 2.45) is 0 Å². The Morgan fingerprint density at radius 3 is 2.26 bits per heavy atom. The van der Waals surface area contributed by atoms with Crippen molar-refractivity contribution in [3.05, 3.63) is 75.5 Å². The third kappa shape index (κ3) is 3.26. The molecule has 0 unspecified atom stereocenters. The van der Waals surface area contributed by atoms with Crippen LogP contribution in [0.3, 0.4) is 0 Å². The molecule has 0 aromatic heterocycles. The number of nitro groups is 1. The van der Waals surface area contributed by atoms with Crippen LogP contribution in [-0.2, 0) is 9.59 Å². The zero-order valence-electron chi connectivity index (χ0n) is 14.0. The summed E-state index contributed by atoms with van der Waals surface area (Å²) in [5.74, 6) is -3.36. The van der Waals surface area contributed by atoms with E-state index < -0.39 is 28.4 Å². The fourth-order valence-corrected chi connectivity index (χ4v) is 2.72. The Balaban J connectivity index is 2.07. The number of anilines is 1. The first-order valence-electron chi connectivity index (χ1n) is 7.90. The first-order chi connectivity index (χ1) is 12.8. The summed E-state index contributed by atoms with van der Waals surface area (Å²) in [6.07, 6.45) is 0. The monoisotopic (exact) mass is 373 g/mol. The molecule has 27 heavy (non-hydrogen) atoms. The molecule has 2 amide bonds. The van der Waals surface area contributed by atoms with Crippen molar-refractivity contribution >= 4 is 28.8 Å². The van der Waals surface area contributed by atoms with Crippen LogP contribution < -0.4 is 5.32 Å². The Labute approximate surface area is 152 Å². The van der Waals surface area contributed by atoms with E-state index in [2.05, 4.69) is 5.32 Å². The van der Waals surface area contributed by atoms with Crippen molar-refractivity contribution < 1.29 is 23.3 Å². The highest BCUT2D eigenvalue weighted by molar-refractivity contribution is 6.36. The molecule has 0 atom stereocenters. The van der Waals surface area contributed by atoms with Gasteiger partial charge in [0.2, 0.25) is 0 Å². The van der Waals surface area contributed by atoms with Crippen molar-refractivity contribution in [1.29, 1.82) is 0 Å². The van der Waals surface area contributed by atoms with E-state index in [-0.39, 0.29) is 29.2 Å². The van der Waals surface area contributed by atoms with Crippen LogP contribution in [-0.4, -0.2) is 28.2 Å². The Morgan fingerprint density at radius 2 is 1.70 bits per heavy atom. The Bertz CT molecular complexity index is 987. The van der Waals surface area contributed by atoms with Gasteiger partial charge in [-0.1, -0.05) is 0 Å². The summed E-state index contributed by atoms with van der Waals surface area (Å²) in [4.78, 5) is 36.4. The van der Waals surface area contributed by atoms with Crippen LogP contribution in [0.2, 0.25) is 0 Å². The van der Waals surface area contributed by atoms with Gasteiger partial charge in [0, 0.05) is 30.4 Å². The number of halogens is 2. The zero-order chi connectivity index (χ0) is 19.7. The standard InChI is InChI=1S/C18H13F2N3O4/c1-2-22-17(24)15(10-3-6-12(7-4-10)23(26)27)16(18(22)25)21-11-5-8-13(19)14(20)9-11/h3-9,21H,2H2,1H3. The highest BCUT2D eigenvalue weighted by Gasteiger charge is 2.38. The fourth-order valence-electron chi connectivity index (χ4n) is 2.72. The maximum Gasteiger partial charge on any atom is 0.278 e. The zero-order valence-corrected chi connectivity index (χ0v) is 14.0. The molecular formula is C18H13F2N3O4. The second-order valence-corrected chi connectivity index (χ2v) is 5.66. The van der Waals surface area contributed by atoms with E-state index in [1.807, 2.05) is 0 Å². The average molecular weight is 373 g/mol. The largest absolute Gasteiger partial charge is 0.350 e. The molecule has 2 aromatic carbocycles. The molecule has 7 nitrogen and oxygen atoms in total. The summed E-state index contributed by atoms with van der Waals surface area (Å²) in [6.45, 7) is 1.72. The average Bonchev–Trinajstić information content (AvgIpc) is 2.88. The minimum absolute atomic E-state index is 0.00137. The van der Waals surface area contributed by atoms with Gasteiger partial charge in [-0.15, -0.1) is 0 Å². The van der Waals surface area contributed by atoms with Gasteiger partial charge in [-0.25, -0.2) is 8.78 Å². The predicted octanol–water partition coefficient (Wildman–Crippen LogP) is 3.08. The van der Waals surface area contributed by atoms with Gasteiger partial charge < -0.3 is 5.32 Å². The number of hydrogen-bond donors (Lipinski definition) is 1. The summed E-state index contributed by atoms with van der Waals surface area (Å²) in [5, 5.41) is 13.5. The van der Waals surface area contributed by atoms with Crippen molar-refractivity contribution in [2.75, 3.05) is 11.9 Å². The maximum absolute atomic E-state index is 13.5. The number of rotatable bonds is 5. The van der Waals surface area contributed by atoms with Crippen LogP contribution in [0.5, 0.6) is 0 Å². The second kappa shape index (κ2) is 6.94. The molecule has 1 aliphatic rings. The maximum atomic E-state index is 13.5. The molecular weight excluding hydrogens is 360 g/mol. The lowest BCUT2D eigenvalue weighted by Gasteiger charge is -2.12. The van der Waals surface area contributed by atoms with Crippen molar-refractivity contribution in [3.63, 3.8) is 0 Å². The highest BCUT2D eigenvalue weighted by Crippen LogP contribution is 2.31. The number of carbonyl (C=O) groups excluding carboxylic acids is 2. The topological polar surface area (TPSA) is 92.6 Å². The van der Waals surface area contributed by atoms with Gasteiger partial charge in [-0.05, 0) is 36.8 Å². The van der Waals surface area contributed by atoms with Gasteiger partial charge in [-0.3, -0.25) is 24.6 Å². The molecule has 138 valence electrons. The molecule has 1 N–H and O–H groups in total. The summed E-state index contributed by atoms with van der Waals surface area (Å²) >= 11 is 0. The minimum Gasteiger partial charge on any atom is -0.350 e. The smallest absolute Gasteiger partial charge is 0.278 e. The van der Waals surface area contributed by atoms with Crippen molar-refractivity contribution in [1.82, 2.24) is 4.90 Å². The predicted molar refractivity (Wildman–Crippen MR) is 92.4 cm³/mol. The lowest BCUT2D eigenvalue weighted by molar-refractivity contribution is -0.384. The summed E-state index contributed by atoms with van der Waals surface area (Å²) in [7, 11) is 0. The van der Waals surface area contributed by atoms with Crippen LogP contribution in [0.15, 0.2) is 48.2 Å². The lowest BCUT2D eigenvalue weighted by atomic mass is 10.0. The number of carbonyl (C=O) groups is 2. The normalized spacial score (nSPS) is 14.1. The molecule has 3 rings (SSSR count). The third-order valence-electron chi connectivity index (χ3n) is 4.04. The summed E-state index contributed by atoms with van der Waals surface area (Å²) in [6, 6.07) is 8.11. The number of nitrogens with one attached hydrogen (secondary N) is 1. The van der Waals surface area contributed by atoms with E-state index in [1.54, 1.807) is 6.92 Å². The molecule has 0 aliphatic carbocycles. The number of imide groups is 1. The van der Waals surface area contributed by atoms with Gasteiger partial charge in [0.1, 0.15) is 5.70 Å². The van der Waals surface area contributed by atoms with Gasteiger partial charge in [-0.2, -0.15) is 0 Å². The second-order valence-electron chi connectivity index (χ2n) is 5.66. The molecule has 1 heterocycles. The van der Waals surface area contributed by atoms with Crippen LogP contribution in [0, 0.1) is 21.7 Å². The number of non-ortho nitro benzene ring substituents is 1. The molecule has 0 saturated carbocycles. The van der Waals surface area contributed by atoms with Gasteiger partial charge >= 0.3 is 0 Å². The number of likely N-dealkylation sites (N-methyl/N-ethyl adjacent to an activating group) is 1. The van der Waals surface area contributed by atoms with Crippen molar-refractivity contribution in [2.45, 2.75) is 6.92 Å². The quantitative estimate of drug-likeness (QED) is 0.494. The Morgan fingerprint density at radius 1 is 1.04 bits per heavy atom. The van der Waals surface area contributed by atoms with E-state index in [9.17, 15) is 28.5 Å². The molecule has 2 aromatic rings. The molecule has 1 aliphatic heterocycles. The highest BCUT2D eigenvalue weighted by atomic mass is 19.2. The number of nitro benzene ring substituents is 1. The first-order valence-corrected chi connectivity index (χ1v) is 7.90. The number of hydrogen-bond acceptors (Lipinski definition) is 5.